The summed E-state index contributed by atoms with van der Waals surface area (Å²) < 4.78 is 40.3. The summed E-state index contributed by atoms with van der Waals surface area (Å²) in [5, 5.41) is 17.8. The van der Waals surface area contributed by atoms with Gasteiger partial charge in [-0.05, 0) is 44.2 Å². The van der Waals surface area contributed by atoms with Crippen molar-refractivity contribution >= 4 is 17.3 Å². The first kappa shape index (κ1) is 20.1. The molecular formula is C19H15F3N4O3. The maximum atomic E-state index is 13.3. The number of hydrogen-bond acceptors (Lipinski definition) is 4. The summed E-state index contributed by atoms with van der Waals surface area (Å²) >= 11 is 0. The normalized spacial score (nSPS) is 11.3. The van der Waals surface area contributed by atoms with E-state index in [1.807, 2.05) is 6.92 Å². The molecule has 29 heavy (non-hydrogen) atoms. The van der Waals surface area contributed by atoms with Crippen LogP contribution in [-0.2, 0) is 6.18 Å². The Kier molecular flexibility index (Phi) is 5.10. The van der Waals surface area contributed by atoms with Crippen LogP contribution in [0.5, 0.6) is 0 Å². The number of nitro benzene ring substituents is 1. The molecular weight excluding hydrogens is 389 g/mol. The Bertz CT molecular complexity index is 1090. The van der Waals surface area contributed by atoms with Crippen molar-refractivity contribution in [1.82, 2.24) is 9.78 Å². The lowest BCUT2D eigenvalue weighted by Crippen LogP contribution is -2.16. The van der Waals surface area contributed by atoms with Gasteiger partial charge in [-0.25, -0.2) is 4.68 Å². The Hall–Kier alpha value is -3.69. The van der Waals surface area contributed by atoms with Crippen LogP contribution in [0.25, 0.3) is 5.69 Å². The smallest absolute Gasteiger partial charge is 0.322 e. The maximum Gasteiger partial charge on any atom is 0.433 e. The average Bonchev–Trinajstić information content (AvgIpc) is 3.05. The summed E-state index contributed by atoms with van der Waals surface area (Å²) in [4.78, 5) is 23.0. The second-order valence-electron chi connectivity index (χ2n) is 6.36. The minimum atomic E-state index is -4.75. The van der Waals surface area contributed by atoms with Crippen LogP contribution < -0.4 is 5.32 Å². The topological polar surface area (TPSA) is 90.1 Å². The van der Waals surface area contributed by atoms with Gasteiger partial charge in [-0.3, -0.25) is 14.9 Å². The SMILES string of the molecule is Cc1ccc(NC(=O)c2ccc(-n3nc(C)cc3C(F)(F)F)c([N+](=O)[O-])c2)cc1. The van der Waals surface area contributed by atoms with Crippen molar-refractivity contribution in [3.8, 4) is 5.69 Å². The van der Waals surface area contributed by atoms with Gasteiger partial charge < -0.3 is 5.32 Å². The largest absolute Gasteiger partial charge is 0.433 e. The van der Waals surface area contributed by atoms with Crippen molar-refractivity contribution in [2.75, 3.05) is 5.32 Å². The van der Waals surface area contributed by atoms with Gasteiger partial charge in [-0.15, -0.1) is 0 Å². The first-order chi connectivity index (χ1) is 13.6. The van der Waals surface area contributed by atoms with Gasteiger partial charge in [0.25, 0.3) is 11.6 Å². The zero-order valence-electron chi connectivity index (χ0n) is 15.3. The molecule has 0 atom stereocenters. The van der Waals surface area contributed by atoms with Gasteiger partial charge in [0.1, 0.15) is 11.4 Å². The third-order valence-electron chi connectivity index (χ3n) is 4.09. The summed E-state index contributed by atoms with van der Waals surface area (Å²) in [6, 6.07) is 10.9. The lowest BCUT2D eigenvalue weighted by Gasteiger charge is -2.11. The molecule has 0 saturated heterocycles. The maximum absolute atomic E-state index is 13.3. The first-order valence-electron chi connectivity index (χ1n) is 8.37. The van der Waals surface area contributed by atoms with Crippen LogP contribution in [0.3, 0.4) is 0 Å². The highest BCUT2D eigenvalue weighted by molar-refractivity contribution is 6.04. The molecule has 0 spiro atoms. The third kappa shape index (κ3) is 4.26. The number of alkyl halides is 3. The second-order valence-corrected chi connectivity index (χ2v) is 6.36. The van der Waals surface area contributed by atoms with Crippen LogP contribution >= 0.6 is 0 Å². The van der Waals surface area contributed by atoms with E-state index in [1.54, 1.807) is 24.3 Å². The van der Waals surface area contributed by atoms with Crippen molar-refractivity contribution in [2.45, 2.75) is 20.0 Å². The number of amides is 1. The molecule has 1 N–H and O–H groups in total. The summed E-state index contributed by atoms with van der Waals surface area (Å²) in [5.74, 6) is -0.629. The Morgan fingerprint density at radius 1 is 1.10 bits per heavy atom. The lowest BCUT2D eigenvalue weighted by molar-refractivity contribution is -0.384. The number of nitro groups is 1. The zero-order valence-corrected chi connectivity index (χ0v) is 15.3. The fraction of sp³-hybridized carbons (Fsp3) is 0.158. The molecule has 2 aromatic carbocycles. The highest BCUT2D eigenvalue weighted by Crippen LogP contribution is 2.34. The highest BCUT2D eigenvalue weighted by atomic mass is 19.4. The zero-order chi connectivity index (χ0) is 21.3. The molecule has 0 aliphatic carbocycles. The molecule has 3 aromatic rings. The van der Waals surface area contributed by atoms with Crippen LogP contribution in [0, 0.1) is 24.0 Å². The van der Waals surface area contributed by atoms with E-state index < -0.39 is 28.4 Å². The van der Waals surface area contributed by atoms with Gasteiger partial charge in [0.15, 0.2) is 0 Å². The van der Waals surface area contributed by atoms with Crippen LogP contribution in [-0.4, -0.2) is 20.6 Å². The number of aromatic nitrogens is 2. The molecule has 0 fully saturated rings. The quantitative estimate of drug-likeness (QED) is 0.506. The fourth-order valence-corrected chi connectivity index (χ4v) is 2.72. The number of rotatable bonds is 4. The number of aryl methyl sites for hydroxylation is 2. The second kappa shape index (κ2) is 7.38. The van der Waals surface area contributed by atoms with Crippen molar-refractivity contribution in [3.05, 3.63) is 81.2 Å². The lowest BCUT2D eigenvalue weighted by atomic mass is 10.1. The molecule has 3 rings (SSSR count). The van der Waals surface area contributed by atoms with Crippen LogP contribution in [0.4, 0.5) is 24.5 Å². The molecule has 0 unspecified atom stereocenters. The molecule has 10 heteroatoms. The molecule has 0 saturated carbocycles. The van der Waals surface area contributed by atoms with Crippen LogP contribution in [0.2, 0.25) is 0 Å². The van der Waals surface area contributed by atoms with Gasteiger partial charge in [0.05, 0.1) is 10.6 Å². The molecule has 150 valence electrons. The number of benzene rings is 2. The van der Waals surface area contributed by atoms with Gasteiger partial charge in [-0.2, -0.15) is 18.3 Å². The summed E-state index contributed by atoms with van der Waals surface area (Å²) in [6.07, 6.45) is -4.75. The fourth-order valence-electron chi connectivity index (χ4n) is 2.72. The van der Waals surface area contributed by atoms with Gasteiger partial charge in [0, 0.05) is 17.3 Å². The molecule has 0 bridgehead atoms. The predicted molar refractivity (Wildman–Crippen MR) is 99.1 cm³/mol. The number of nitrogens with zero attached hydrogens (tertiary/aromatic N) is 3. The average molecular weight is 404 g/mol. The summed E-state index contributed by atoms with van der Waals surface area (Å²) in [7, 11) is 0. The Morgan fingerprint density at radius 3 is 2.34 bits per heavy atom. The molecule has 0 radical (unpaired) electrons. The highest BCUT2D eigenvalue weighted by Gasteiger charge is 2.37. The number of carbonyl (C=O) groups excluding carboxylic acids is 1. The van der Waals surface area contributed by atoms with E-state index >= 15 is 0 Å². The van der Waals surface area contributed by atoms with E-state index in [-0.39, 0.29) is 16.9 Å². The number of carbonyl (C=O) groups is 1. The van der Waals surface area contributed by atoms with E-state index in [4.69, 9.17) is 0 Å². The number of nitrogens with one attached hydrogen (secondary N) is 1. The van der Waals surface area contributed by atoms with E-state index in [1.165, 1.54) is 13.0 Å². The number of hydrogen-bond donors (Lipinski definition) is 1. The van der Waals surface area contributed by atoms with Gasteiger partial charge in [-0.1, -0.05) is 17.7 Å². The van der Waals surface area contributed by atoms with Crippen LogP contribution in [0.15, 0.2) is 48.5 Å². The standard InChI is InChI=1S/C19H15F3N4O3/c1-11-3-6-14(7-4-11)23-18(27)13-5-8-15(16(10-13)26(28)29)25-17(19(20,21)22)9-12(2)24-25/h3-10H,1-2H3,(H,23,27). The van der Waals surface area contributed by atoms with Crippen molar-refractivity contribution in [3.63, 3.8) is 0 Å². The van der Waals surface area contributed by atoms with E-state index in [0.29, 0.717) is 10.4 Å². The van der Waals surface area contributed by atoms with Crippen LogP contribution in [0.1, 0.15) is 27.3 Å². The monoisotopic (exact) mass is 404 g/mol. The van der Waals surface area contributed by atoms with E-state index in [0.717, 1.165) is 23.8 Å². The number of halogens is 3. The third-order valence-corrected chi connectivity index (χ3v) is 4.09. The molecule has 0 aliphatic rings. The predicted octanol–water partition coefficient (Wildman–Crippen LogP) is 4.67. The molecule has 0 aliphatic heterocycles. The Morgan fingerprint density at radius 2 is 1.76 bits per heavy atom. The minimum Gasteiger partial charge on any atom is -0.322 e. The number of anilines is 1. The van der Waals surface area contributed by atoms with Crippen molar-refractivity contribution < 1.29 is 22.9 Å². The molecule has 1 amide bonds. The first-order valence-corrected chi connectivity index (χ1v) is 8.37. The van der Waals surface area contributed by atoms with Gasteiger partial charge >= 0.3 is 6.18 Å². The van der Waals surface area contributed by atoms with Gasteiger partial charge in [0.2, 0.25) is 0 Å². The van der Waals surface area contributed by atoms with E-state index in [9.17, 15) is 28.1 Å². The summed E-state index contributed by atoms with van der Waals surface area (Å²) in [5.41, 5.74) is -0.758. The molecule has 1 aromatic heterocycles. The molecule has 7 nitrogen and oxygen atoms in total. The van der Waals surface area contributed by atoms with E-state index in [2.05, 4.69) is 10.4 Å². The van der Waals surface area contributed by atoms with Crippen molar-refractivity contribution in [1.29, 1.82) is 0 Å². The molecule has 1 heterocycles. The Labute approximate surface area is 162 Å². The Balaban J connectivity index is 2.01. The summed E-state index contributed by atoms with van der Waals surface area (Å²) in [6.45, 7) is 3.22. The minimum absolute atomic E-state index is 0.0489. The van der Waals surface area contributed by atoms with Crippen molar-refractivity contribution in [2.24, 2.45) is 0 Å².